The number of hydrogen-bond donors (Lipinski definition) is 3. The van der Waals surface area contributed by atoms with Gasteiger partial charge in [-0.3, -0.25) is 4.79 Å². The zero-order chi connectivity index (χ0) is 13.7. The second kappa shape index (κ2) is 5.97. The molecule has 1 heterocycles. The predicted molar refractivity (Wildman–Crippen MR) is 64.4 cm³/mol. The summed E-state index contributed by atoms with van der Waals surface area (Å²) >= 11 is 0. The summed E-state index contributed by atoms with van der Waals surface area (Å²) in [7, 11) is 1.40. The number of pyridine rings is 1. The van der Waals surface area contributed by atoms with Gasteiger partial charge in [0.05, 0.1) is 6.61 Å². The number of carbonyl (C=O) groups excluding carboxylic acids is 1. The monoisotopic (exact) mass is 253 g/mol. The van der Waals surface area contributed by atoms with Crippen LogP contribution in [0.5, 0.6) is 0 Å². The third kappa shape index (κ3) is 3.70. The van der Waals surface area contributed by atoms with Gasteiger partial charge in [0, 0.05) is 18.4 Å². The Morgan fingerprint density at radius 1 is 1.56 bits per heavy atom. The number of aryl methyl sites for hydroxylation is 1. The minimum Gasteiger partial charge on any atom is -0.480 e. The van der Waals surface area contributed by atoms with Crippen LogP contribution in [0, 0.1) is 6.92 Å². The van der Waals surface area contributed by atoms with Crippen LogP contribution in [0.25, 0.3) is 0 Å². The first kappa shape index (κ1) is 13.9. The molecule has 18 heavy (non-hydrogen) atoms. The van der Waals surface area contributed by atoms with E-state index in [-0.39, 0.29) is 18.0 Å². The highest BCUT2D eigenvalue weighted by Crippen LogP contribution is 2.11. The van der Waals surface area contributed by atoms with Crippen LogP contribution in [0.3, 0.4) is 0 Å². The lowest BCUT2D eigenvalue weighted by Crippen LogP contribution is -2.34. The molecule has 0 radical (unpaired) electrons. The lowest BCUT2D eigenvalue weighted by Gasteiger charge is -2.14. The van der Waals surface area contributed by atoms with E-state index < -0.39 is 17.9 Å². The first-order chi connectivity index (χ1) is 8.43. The van der Waals surface area contributed by atoms with Gasteiger partial charge in [-0.05, 0) is 19.1 Å². The molecule has 0 aliphatic rings. The van der Waals surface area contributed by atoms with Crippen molar-refractivity contribution in [1.82, 2.24) is 4.98 Å². The minimum atomic E-state index is -1.07. The summed E-state index contributed by atoms with van der Waals surface area (Å²) in [5.74, 6) is -1.39. The van der Waals surface area contributed by atoms with Gasteiger partial charge < -0.3 is 20.9 Å². The van der Waals surface area contributed by atoms with Crippen molar-refractivity contribution in [1.29, 1.82) is 0 Å². The summed E-state index contributed by atoms with van der Waals surface area (Å²) in [4.78, 5) is 26.1. The predicted octanol–water partition coefficient (Wildman–Crippen LogP) is 0.000420. The van der Waals surface area contributed by atoms with Crippen molar-refractivity contribution >= 4 is 17.7 Å². The minimum absolute atomic E-state index is 0.0170. The van der Waals surface area contributed by atoms with E-state index in [1.807, 2.05) is 0 Å². The topological polar surface area (TPSA) is 115 Å². The number of nitrogens with one attached hydrogen (secondary N) is 1. The third-order valence-corrected chi connectivity index (χ3v) is 2.19. The van der Waals surface area contributed by atoms with Crippen LogP contribution in [0.4, 0.5) is 5.82 Å². The molecule has 1 aromatic heterocycles. The van der Waals surface area contributed by atoms with E-state index in [4.69, 9.17) is 15.6 Å². The zero-order valence-corrected chi connectivity index (χ0v) is 10.1. The van der Waals surface area contributed by atoms with Gasteiger partial charge in [0.1, 0.15) is 11.9 Å². The van der Waals surface area contributed by atoms with E-state index in [0.717, 1.165) is 0 Å². The van der Waals surface area contributed by atoms with E-state index in [2.05, 4.69) is 10.3 Å². The molecule has 1 amide bonds. The molecule has 1 atom stereocenters. The van der Waals surface area contributed by atoms with E-state index in [0.29, 0.717) is 5.69 Å². The number of carbonyl (C=O) groups is 2. The van der Waals surface area contributed by atoms with Gasteiger partial charge in [-0.15, -0.1) is 0 Å². The molecule has 0 bridgehead atoms. The van der Waals surface area contributed by atoms with Gasteiger partial charge >= 0.3 is 5.97 Å². The molecule has 0 aliphatic heterocycles. The number of ether oxygens (including phenoxy) is 1. The number of amides is 1. The first-order valence-electron chi connectivity index (χ1n) is 5.20. The number of carboxylic acids is 1. The van der Waals surface area contributed by atoms with E-state index >= 15 is 0 Å². The molecular formula is C11H15N3O4. The average Bonchev–Trinajstić information content (AvgIpc) is 2.27. The molecule has 0 aliphatic carbocycles. The van der Waals surface area contributed by atoms with Crippen molar-refractivity contribution in [2.45, 2.75) is 13.0 Å². The number of carboxylic acid groups (broad SMARTS) is 1. The Morgan fingerprint density at radius 2 is 2.22 bits per heavy atom. The highest BCUT2D eigenvalue weighted by Gasteiger charge is 2.18. The normalized spacial score (nSPS) is 11.9. The number of aliphatic carboxylic acids is 1. The Balaban J connectivity index is 2.95. The summed E-state index contributed by atoms with van der Waals surface area (Å²) in [6.07, 6.45) is 0. The molecule has 1 aromatic rings. The molecule has 0 spiro atoms. The molecule has 1 rings (SSSR count). The highest BCUT2D eigenvalue weighted by atomic mass is 16.5. The average molecular weight is 253 g/mol. The Morgan fingerprint density at radius 3 is 2.72 bits per heavy atom. The van der Waals surface area contributed by atoms with Crippen LogP contribution in [-0.4, -0.2) is 41.7 Å². The van der Waals surface area contributed by atoms with Crippen molar-refractivity contribution in [3.63, 3.8) is 0 Å². The molecule has 7 heteroatoms. The van der Waals surface area contributed by atoms with E-state index in [1.54, 1.807) is 6.92 Å². The van der Waals surface area contributed by atoms with Gasteiger partial charge in [-0.1, -0.05) is 0 Å². The molecule has 98 valence electrons. The quantitative estimate of drug-likeness (QED) is 0.657. The van der Waals surface area contributed by atoms with E-state index in [1.165, 1.54) is 19.2 Å². The summed E-state index contributed by atoms with van der Waals surface area (Å²) < 4.78 is 4.78. The number of nitrogens with two attached hydrogens (primary N) is 1. The Hall–Kier alpha value is -2.15. The number of methoxy groups -OCH3 is 1. The number of aromatic nitrogens is 1. The molecule has 0 saturated heterocycles. The molecule has 4 N–H and O–H groups in total. The summed E-state index contributed by atoms with van der Waals surface area (Å²) in [6, 6.07) is 1.99. The SMILES string of the molecule is COCC(Nc1cc(C(N)=O)cc(C)n1)C(=O)O. The van der Waals surface area contributed by atoms with Crippen LogP contribution in [0.15, 0.2) is 12.1 Å². The van der Waals surface area contributed by atoms with Crippen molar-refractivity contribution in [3.8, 4) is 0 Å². The van der Waals surface area contributed by atoms with Crippen LogP contribution in [-0.2, 0) is 9.53 Å². The first-order valence-corrected chi connectivity index (χ1v) is 5.20. The summed E-state index contributed by atoms with van der Waals surface area (Å²) in [6.45, 7) is 1.67. The van der Waals surface area contributed by atoms with Gasteiger partial charge in [0.2, 0.25) is 5.91 Å². The highest BCUT2D eigenvalue weighted by molar-refractivity contribution is 5.93. The van der Waals surface area contributed by atoms with Crippen LogP contribution in [0.2, 0.25) is 0 Å². The van der Waals surface area contributed by atoms with Crippen LogP contribution in [0.1, 0.15) is 16.1 Å². The molecule has 0 saturated carbocycles. The standard InChI is InChI=1S/C11H15N3O4/c1-6-3-7(10(12)15)4-9(13-6)14-8(5-18-2)11(16)17/h3-4,8H,5H2,1-2H3,(H2,12,15)(H,13,14)(H,16,17). The third-order valence-electron chi connectivity index (χ3n) is 2.19. The number of rotatable bonds is 6. The number of anilines is 1. The van der Waals surface area contributed by atoms with Gasteiger partial charge in [0.15, 0.2) is 0 Å². The number of primary amides is 1. The summed E-state index contributed by atoms with van der Waals surface area (Å²) in [5, 5.41) is 11.6. The Labute approximate surface area is 104 Å². The zero-order valence-electron chi connectivity index (χ0n) is 10.1. The van der Waals surface area contributed by atoms with Crippen LogP contribution < -0.4 is 11.1 Å². The number of nitrogens with zero attached hydrogens (tertiary/aromatic N) is 1. The lowest BCUT2D eigenvalue weighted by atomic mass is 10.2. The Kier molecular flexibility index (Phi) is 4.61. The molecule has 1 unspecified atom stereocenters. The van der Waals surface area contributed by atoms with Crippen molar-refractivity contribution < 1.29 is 19.4 Å². The van der Waals surface area contributed by atoms with Crippen LogP contribution >= 0.6 is 0 Å². The van der Waals surface area contributed by atoms with Gasteiger partial charge in [-0.25, -0.2) is 9.78 Å². The maximum atomic E-state index is 11.1. The smallest absolute Gasteiger partial charge is 0.328 e. The largest absolute Gasteiger partial charge is 0.480 e. The molecule has 0 aromatic carbocycles. The number of hydrogen-bond acceptors (Lipinski definition) is 5. The maximum absolute atomic E-state index is 11.1. The van der Waals surface area contributed by atoms with Gasteiger partial charge in [0.25, 0.3) is 0 Å². The van der Waals surface area contributed by atoms with Crippen molar-refractivity contribution in [3.05, 3.63) is 23.4 Å². The fourth-order valence-corrected chi connectivity index (χ4v) is 1.40. The second-order valence-electron chi connectivity index (χ2n) is 3.74. The second-order valence-corrected chi connectivity index (χ2v) is 3.74. The van der Waals surface area contributed by atoms with Crippen molar-refractivity contribution in [2.24, 2.45) is 5.73 Å². The van der Waals surface area contributed by atoms with E-state index in [9.17, 15) is 9.59 Å². The van der Waals surface area contributed by atoms with Crippen molar-refractivity contribution in [2.75, 3.05) is 19.0 Å². The molecule has 0 fully saturated rings. The Bertz CT molecular complexity index is 462. The lowest BCUT2D eigenvalue weighted by molar-refractivity contribution is -0.139. The van der Waals surface area contributed by atoms with Gasteiger partial charge in [-0.2, -0.15) is 0 Å². The molecule has 7 nitrogen and oxygen atoms in total. The maximum Gasteiger partial charge on any atom is 0.328 e. The fourth-order valence-electron chi connectivity index (χ4n) is 1.40. The fraction of sp³-hybridized carbons (Fsp3) is 0.364. The molecular weight excluding hydrogens is 238 g/mol. The summed E-state index contributed by atoms with van der Waals surface area (Å²) in [5.41, 5.74) is 6.00.